The quantitative estimate of drug-likeness (QED) is 0.142. The van der Waals surface area contributed by atoms with Crippen LogP contribution in [0, 0.1) is 0 Å². The molecule has 0 N–H and O–H groups in total. The predicted octanol–water partition coefficient (Wildman–Crippen LogP) is 28.0. The van der Waals surface area contributed by atoms with Crippen molar-refractivity contribution >= 4 is 131 Å². The fraction of sp³-hybridized carbons (Fsp3) is 0. The molecule has 7 aromatic heterocycles. The van der Waals surface area contributed by atoms with Crippen LogP contribution in [0.2, 0.25) is 0 Å². The number of fused-ring (bicyclic) bond motifs is 21. The molecule has 17 aromatic carbocycles. The molecule has 24 rings (SSSR count). The minimum Gasteiger partial charge on any atom is -0.309 e. The Labute approximate surface area is 657 Å². The number of pyridine rings is 1. The molecule has 0 amide bonds. The SMILES string of the molecule is c1ccc(-c2ccc(-n3c4ccccc4c4c5c6ccccc6n(-c6ccccc6)c5ccc43)cc2)cc1.c1ccc(-c2cccc(-n3c4ccccc4c4c5c6ccccc6n(-c6ccccc6)c5ccc43)c2)cc1.c1ccc(-c2cccc(-n3c4ccccc4c4c5c6ccccc6n(-c6ccccc6)c5ccc43)n2)cc1. The van der Waals surface area contributed by atoms with Crippen LogP contribution in [0.4, 0.5) is 0 Å². The largest absolute Gasteiger partial charge is 0.309 e. The van der Waals surface area contributed by atoms with E-state index in [1.165, 1.54) is 170 Å². The molecule has 0 aliphatic rings. The molecule has 7 heterocycles. The summed E-state index contributed by atoms with van der Waals surface area (Å²) in [6.45, 7) is 0. The molecule has 0 spiro atoms. The van der Waals surface area contributed by atoms with E-state index in [-0.39, 0.29) is 0 Å². The summed E-state index contributed by atoms with van der Waals surface area (Å²) < 4.78 is 14.3. The predicted molar refractivity (Wildman–Crippen MR) is 479 cm³/mol. The summed E-state index contributed by atoms with van der Waals surface area (Å²) in [4.78, 5) is 5.14. The summed E-state index contributed by atoms with van der Waals surface area (Å²) in [5.74, 6) is 0.920. The molecule has 0 atom stereocenters. The first-order chi connectivity index (χ1) is 56.6. The van der Waals surface area contributed by atoms with E-state index in [1.54, 1.807) is 0 Å². The number of nitrogens with zero attached hydrogens (tertiary/aromatic N) is 7. The Hall–Kier alpha value is -15.3. The Balaban J connectivity index is 0.000000104. The maximum absolute atomic E-state index is 5.14. The van der Waals surface area contributed by atoms with E-state index in [9.17, 15) is 0 Å². The fourth-order valence-electron chi connectivity index (χ4n) is 18.1. The number of aromatic nitrogens is 7. The van der Waals surface area contributed by atoms with Gasteiger partial charge in [0.1, 0.15) is 5.82 Å². The zero-order valence-corrected chi connectivity index (χ0v) is 62.1. The van der Waals surface area contributed by atoms with Gasteiger partial charge < -0.3 is 22.8 Å². The molecule has 0 saturated carbocycles. The van der Waals surface area contributed by atoms with Crippen LogP contribution in [-0.4, -0.2) is 32.4 Å². The average Bonchev–Trinajstić information content (AvgIpc) is 1.56. The molecule has 0 unspecified atom stereocenters. The lowest BCUT2D eigenvalue weighted by molar-refractivity contribution is 1.08. The summed E-state index contributed by atoms with van der Waals surface area (Å²) in [5.41, 5.74) is 27.4. The lowest BCUT2D eigenvalue weighted by Crippen LogP contribution is -1.98. The molecule has 7 nitrogen and oxygen atoms in total. The number of hydrogen-bond acceptors (Lipinski definition) is 1. The first-order valence-electron chi connectivity index (χ1n) is 39.0. The van der Waals surface area contributed by atoms with Gasteiger partial charge in [0.25, 0.3) is 0 Å². The lowest BCUT2D eigenvalue weighted by Gasteiger charge is -2.11. The van der Waals surface area contributed by atoms with E-state index < -0.39 is 0 Å². The van der Waals surface area contributed by atoms with E-state index in [4.69, 9.17) is 4.98 Å². The fourth-order valence-corrected chi connectivity index (χ4v) is 18.1. The first kappa shape index (κ1) is 65.7. The summed E-state index contributed by atoms with van der Waals surface area (Å²) in [5, 5.41) is 15.3. The van der Waals surface area contributed by atoms with E-state index >= 15 is 0 Å². The van der Waals surface area contributed by atoms with Crippen molar-refractivity contribution in [3.63, 3.8) is 0 Å². The summed E-state index contributed by atoms with van der Waals surface area (Å²) in [6, 6.07) is 154. The summed E-state index contributed by atoms with van der Waals surface area (Å²) in [6.07, 6.45) is 0. The molecule has 0 bridgehead atoms. The third-order valence-electron chi connectivity index (χ3n) is 22.9. The van der Waals surface area contributed by atoms with Gasteiger partial charge in [-0.3, -0.25) is 4.57 Å². The van der Waals surface area contributed by atoms with Crippen LogP contribution >= 0.6 is 0 Å². The first-order valence-corrected chi connectivity index (χ1v) is 39.0. The van der Waals surface area contributed by atoms with Gasteiger partial charge >= 0.3 is 0 Å². The summed E-state index contributed by atoms with van der Waals surface area (Å²) in [7, 11) is 0. The van der Waals surface area contributed by atoms with Gasteiger partial charge in [0.05, 0.1) is 71.9 Å². The molecule has 0 saturated heterocycles. The Morgan fingerprint density at radius 2 is 0.377 bits per heavy atom. The zero-order valence-electron chi connectivity index (χ0n) is 62.1. The minimum atomic E-state index is 0.920. The standard InChI is InChI=1S/2C36H24N2.C35H23N3/c1-3-12-25(13-4-1)26-14-11-17-28(24-26)38-32-21-10-8-19-30(32)36-34(38)23-22-33-35(36)29-18-7-9-20-31(29)37(33)27-15-5-2-6-16-27;1-3-11-25(12-4-1)26-19-21-28(22-20-26)38-32-18-10-8-16-30(32)36-34(38)24-23-33-35(36)29-15-7-9-17-31(29)37(33)27-13-5-2-6-14-27;1-3-12-24(13-4-1)28-18-11-21-33(36-28)38-30-20-10-8-17-27(30)35-32(38)23-22-31-34(35)26-16-7-9-19-29(26)37(31)25-14-5-2-6-15-25/h2*1-24H;1-23H. The second-order valence-corrected chi connectivity index (χ2v) is 29.3. The Morgan fingerprint density at radius 1 is 0.140 bits per heavy atom. The van der Waals surface area contributed by atoms with Gasteiger partial charge in [-0.05, 0) is 168 Å². The van der Waals surface area contributed by atoms with Gasteiger partial charge in [-0.1, -0.05) is 285 Å². The molecular weight excluding hydrogens is 1380 g/mol. The molecular formula is C107H71N7. The van der Waals surface area contributed by atoms with Crippen molar-refractivity contribution in [1.82, 2.24) is 32.4 Å². The van der Waals surface area contributed by atoms with Crippen molar-refractivity contribution < 1.29 is 0 Å². The molecule has 0 aliphatic heterocycles. The number of hydrogen-bond donors (Lipinski definition) is 0. The smallest absolute Gasteiger partial charge is 0.138 e. The van der Waals surface area contributed by atoms with Gasteiger partial charge in [0.15, 0.2) is 0 Å². The average molecular weight is 1450 g/mol. The van der Waals surface area contributed by atoms with Crippen molar-refractivity contribution in [3.8, 4) is 67.8 Å². The number of rotatable bonds is 9. The molecule has 0 fully saturated rings. The van der Waals surface area contributed by atoms with Crippen LogP contribution in [0.5, 0.6) is 0 Å². The third-order valence-corrected chi connectivity index (χ3v) is 22.9. The Bertz CT molecular complexity index is 7490. The molecule has 24 aromatic rings. The molecule has 534 valence electrons. The Kier molecular flexibility index (Phi) is 15.8. The van der Waals surface area contributed by atoms with Gasteiger partial charge in [-0.25, -0.2) is 4.98 Å². The van der Waals surface area contributed by atoms with Crippen molar-refractivity contribution in [3.05, 3.63) is 431 Å². The normalized spacial score (nSPS) is 11.7. The maximum atomic E-state index is 5.14. The number of benzene rings is 17. The van der Waals surface area contributed by atoms with Crippen LogP contribution < -0.4 is 0 Å². The molecule has 114 heavy (non-hydrogen) atoms. The molecule has 0 aliphatic carbocycles. The third kappa shape index (κ3) is 10.7. The molecule has 7 heteroatoms. The molecule has 0 radical (unpaired) electrons. The topological polar surface area (TPSA) is 42.5 Å². The second-order valence-electron chi connectivity index (χ2n) is 29.3. The van der Waals surface area contributed by atoms with Crippen LogP contribution in [-0.2, 0) is 0 Å². The monoisotopic (exact) mass is 1450 g/mol. The van der Waals surface area contributed by atoms with Crippen LogP contribution in [0.25, 0.3) is 199 Å². The summed E-state index contributed by atoms with van der Waals surface area (Å²) >= 11 is 0. The highest BCUT2D eigenvalue weighted by molar-refractivity contribution is 6.32. The van der Waals surface area contributed by atoms with E-state index in [0.29, 0.717) is 0 Å². The highest BCUT2D eigenvalue weighted by Crippen LogP contribution is 2.47. The van der Waals surface area contributed by atoms with Crippen LogP contribution in [0.3, 0.4) is 0 Å². The van der Waals surface area contributed by atoms with Crippen molar-refractivity contribution in [2.45, 2.75) is 0 Å². The van der Waals surface area contributed by atoms with Crippen molar-refractivity contribution in [2.24, 2.45) is 0 Å². The maximum Gasteiger partial charge on any atom is 0.138 e. The highest BCUT2D eigenvalue weighted by atomic mass is 15.1. The van der Waals surface area contributed by atoms with E-state index in [0.717, 1.165) is 28.1 Å². The van der Waals surface area contributed by atoms with Crippen molar-refractivity contribution in [2.75, 3.05) is 0 Å². The van der Waals surface area contributed by atoms with Gasteiger partial charge in [-0.15, -0.1) is 0 Å². The minimum absolute atomic E-state index is 0.920. The van der Waals surface area contributed by atoms with Crippen LogP contribution in [0.1, 0.15) is 0 Å². The van der Waals surface area contributed by atoms with Gasteiger partial charge in [0, 0.05) is 98.6 Å². The van der Waals surface area contributed by atoms with Gasteiger partial charge in [0.2, 0.25) is 0 Å². The number of para-hydroxylation sites is 9. The lowest BCUT2D eigenvalue weighted by atomic mass is 10.0. The van der Waals surface area contributed by atoms with E-state index in [2.05, 4.69) is 452 Å². The second kappa shape index (κ2) is 27.4. The van der Waals surface area contributed by atoms with E-state index in [1.807, 2.05) is 6.07 Å². The highest BCUT2D eigenvalue weighted by Gasteiger charge is 2.25. The zero-order chi connectivity index (χ0) is 75.2. The Morgan fingerprint density at radius 3 is 0.728 bits per heavy atom. The van der Waals surface area contributed by atoms with Gasteiger partial charge in [-0.2, -0.15) is 0 Å². The van der Waals surface area contributed by atoms with Crippen LogP contribution in [0.15, 0.2) is 431 Å². The van der Waals surface area contributed by atoms with Crippen molar-refractivity contribution in [1.29, 1.82) is 0 Å².